The highest BCUT2D eigenvalue weighted by Gasteiger charge is 2.22. The summed E-state index contributed by atoms with van der Waals surface area (Å²) in [5.41, 5.74) is 6.54. The summed E-state index contributed by atoms with van der Waals surface area (Å²) >= 11 is 0. The lowest BCUT2D eigenvalue weighted by molar-refractivity contribution is 0.598. The first-order valence-corrected chi connectivity index (χ1v) is 13.0. The maximum atomic E-state index is 11.9. The van der Waals surface area contributed by atoms with E-state index in [0.717, 1.165) is 45.3 Å². The van der Waals surface area contributed by atoms with Gasteiger partial charge in [0, 0.05) is 42.2 Å². The lowest BCUT2D eigenvalue weighted by Gasteiger charge is -2.15. The van der Waals surface area contributed by atoms with Crippen LogP contribution < -0.4 is 10.0 Å². The van der Waals surface area contributed by atoms with Gasteiger partial charge in [0.25, 0.3) is 0 Å². The number of sulfonamides is 1. The number of nitrogens with zero attached hydrogens (tertiary/aromatic N) is 3. The van der Waals surface area contributed by atoms with Gasteiger partial charge in [0.1, 0.15) is 5.82 Å². The zero-order chi connectivity index (χ0) is 25.3. The summed E-state index contributed by atoms with van der Waals surface area (Å²) in [5.74, 6) is 0.751. The van der Waals surface area contributed by atoms with Crippen LogP contribution in [0.2, 0.25) is 0 Å². The Balaban J connectivity index is 1.82. The zero-order valence-corrected chi connectivity index (χ0v) is 20.9. The molecule has 4 aromatic carbocycles. The van der Waals surface area contributed by atoms with Crippen LogP contribution in [0.25, 0.3) is 39.6 Å². The number of imidazole rings is 1. The highest BCUT2D eigenvalue weighted by Crippen LogP contribution is 2.38. The molecule has 0 aliphatic heterocycles. The van der Waals surface area contributed by atoms with Crippen molar-refractivity contribution in [1.29, 1.82) is 0 Å². The topological polar surface area (TPSA) is 81.2 Å². The summed E-state index contributed by atoms with van der Waals surface area (Å²) in [4.78, 5) is 7.27. The van der Waals surface area contributed by atoms with Crippen molar-refractivity contribution in [2.24, 2.45) is 5.14 Å². The van der Waals surface area contributed by atoms with Crippen LogP contribution in [0, 0.1) is 0 Å². The third-order valence-corrected chi connectivity index (χ3v) is 6.97. The second kappa shape index (κ2) is 9.45. The minimum Gasteiger partial charge on any atom is -0.378 e. The van der Waals surface area contributed by atoms with E-state index in [-0.39, 0.29) is 4.90 Å². The van der Waals surface area contributed by atoms with Crippen LogP contribution in [0.15, 0.2) is 114 Å². The number of hydrogen-bond donors (Lipinski definition) is 1. The molecule has 7 heteroatoms. The van der Waals surface area contributed by atoms with Crippen molar-refractivity contribution in [3.63, 3.8) is 0 Å². The van der Waals surface area contributed by atoms with E-state index >= 15 is 0 Å². The van der Waals surface area contributed by atoms with Crippen LogP contribution in [-0.4, -0.2) is 32.1 Å². The molecule has 1 aromatic heterocycles. The molecular formula is C29H26N4O2S. The molecular weight excluding hydrogens is 468 g/mol. The van der Waals surface area contributed by atoms with Gasteiger partial charge in [0.05, 0.1) is 16.3 Å². The first-order chi connectivity index (χ1) is 17.3. The fourth-order valence-electron chi connectivity index (χ4n) is 4.22. The van der Waals surface area contributed by atoms with E-state index in [1.54, 1.807) is 12.1 Å². The van der Waals surface area contributed by atoms with E-state index in [9.17, 15) is 8.42 Å². The van der Waals surface area contributed by atoms with Crippen molar-refractivity contribution in [1.82, 2.24) is 9.55 Å². The fraction of sp³-hybridized carbons (Fsp3) is 0.0690. The second-order valence-corrected chi connectivity index (χ2v) is 10.2. The van der Waals surface area contributed by atoms with Gasteiger partial charge in [-0.15, -0.1) is 0 Å². The molecule has 0 aliphatic rings. The van der Waals surface area contributed by atoms with Crippen molar-refractivity contribution in [2.45, 2.75) is 4.90 Å². The smallest absolute Gasteiger partial charge is 0.238 e. The summed E-state index contributed by atoms with van der Waals surface area (Å²) in [6.45, 7) is 0. The Kier molecular flexibility index (Phi) is 6.18. The van der Waals surface area contributed by atoms with Gasteiger partial charge >= 0.3 is 0 Å². The lowest BCUT2D eigenvalue weighted by Crippen LogP contribution is -2.12. The Morgan fingerprint density at radius 2 is 1.25 bits per heavy atom. The molecule has 0 amide bonds. The minimum atomic E-state index is -3.81. The van der Waals surface area contributed by atoms with Crippen LogP contribution in [0.5, 0.6) is 0 Å². The van der Waals surface area contributed by atoms with E-state index < -0.39 is 10.0 Å². The molecule has 0 aliphatic carbocycles. The SMILES string of the molecule is CN(C)c1ccc(-c2nc(-c3ccccc3)c(-c3ccccc3)n2-c2ccc(S(N)(=O)=O)cc2)cc1. The zero-order valence-electron chi connectivity index (χ0n) is 20.0. The van der Waals surface area contributed by atoms with Crippen molar-refractivity contribution in [2.75, 3.05) is 19.0 Å². The van der Waals surface area contributed by atoms with E-state index in [0.29, 0.717) is 0 Å². The number of nitrogens with two attached hydrogens (primary N) is 1. The Morgan fingerprint density at radius 3 is 1.78 bits per heavy atom. The predicted molar refractivity (Wildman–Crippen MR) is 146 cm³/mol. The van der Waals surface area contributed by atoms with Crippen molar-refractivity contribution in [3.8, 4) is 39.6 Å². The van der Waals surface area contributed by atoms with Gasteiger partial charge in [-0.2, -0.15) is 0 Å². The molecule has 0 unspecified atom stereocenters. The van der Waals surface area contributed by atoms with Gasteiger partial charge in [-0.05, 0) is 48.5 Å². The molecule has 0 saturated heterocycles. The number of rotatable bonds is 6. The second-order valence-electron chi connectivity index (χ2n) is 8.68. The quantitative estimate of drug-likeness (QED) is 0.334. The molecule has 180 valence electrons. The number of primary sulfonamides is 1. The van der Waals surface area contributed by atoms with Gasteiger partial charge < -0.3 is 4.90 Å². The van der Waals surface area contributed by atoms with Crippen LogP contribution in [0.3, 0.4) is 0 Å². The molecule has 0 atom stereocenters. The molecule has 0 fully saturated rings. The Hall–Kier alpha value is -4.20. The minimum absolute atomic E-state index is 0.0628. The van der Waals surface area contributed by atoms with Gasteiger partial charge in [0.15, 0.2) is 0 Å². The maximum Gasteiger partial charge on any atom is 0.238 e. The highest BCUT2D eigenvalue weighted by atomic mass is 32.2. The summed E-state index contributed by atoms with van der Waals surface area (Å²) in [6, 6.07) is 34.9. The molecule has 0 radical (unpaired) electrons. The highest BCUT2D eigenvalue weighted by molar-refractivity contribution is 7.89. The summed E-state index contributed by atoms with van der Waals surface area (Å²) in [7, 11) is 0.201. The first kappa shape index (κ1) is 23.5. The Labute approximate surface area is 211 Å². The van der Waals surface area contributed by atoms with Gasteiger partial charge in [-0.3, -0.25) is 4.57 Å². The average molecular weight is 495 g/mol. The van der Waals surface area contributed by atoms with E-state index in [2.05, 4.69) is 41.0 Å². The fourth-order valence-corrected chi connectivity index (χ4v) is 4.73. The molecule has 0 bridgehead atoms. The Bertz CT molecular complexity index is 1590. The monoisotopic (exact) mass is 494 g/mol. The van der Waals surface area contributed by atoms with Crippen LogP contribution in [0.1, 0.15) is 0 Å². The third-order valence-electron chi connectivity index (χ3n) is 6.04. The van der Waals surface area contributed by atoms with Gasteiger partial charge in [0.2, 0.25) is 10.0 Å². The van der Waals surface area contributed by atoms with E-state index in [1.165, 1.54) is 12.1 Å². The normalized spacial score (nSPS) is 11.4. The third kappa shape index (κ3) is 4.54. The molecule has 5 rings (SSSR count). The number of benzene rings is 4. The summed E-state index contributed by atoms with van der Waals surface area (Å²) in [5, 5.41) is 5.36. The largest absolute Gasteiger partial charge is 0.378 e. The lowest BCUT2D eigenvalue weighted by atomic mass is 10.0. The number of aromatic nitrogens is 2. The van der Waals surface area contributed by atoms with Crippen LogP contribution in [-0.2, 0) is 10.0 Å². The van der Waals surface area contributed by atoms with Crippen molar-refractivity contribution in [3.05, 3.63) is 109 Å². The number of anilines is 1. The molecule has 36 heavy (non-hydrogen) atoms. The van der Waals surface area contributed by atoms with Crippen LogP contribution >= 0.6 is 0 Å². The number of hydrogen-bond acceptors (Lipinski definition) is 4. The maximum absolute atomic E-state index is 11.9. The molecule has 0 saturated carbocycles. The van der Waals surface area contributed by atoms with Crippen molar-refractivity contribution >= 4 is 15.7 Å². The molecule has 0 spiro atoms. The summed E-state index contributed by atoms with van der Waals surface area (Å²) < 4.78 is 25.9. The molecule has 1 heterocycles. The van der Waals surface area contributed by atoms with Crippen LogP contribution in [0.4, 0.5) is 5.69 Å². The standard InChI is InChI=1S/C29H26N4O2S/c1-32(2)24-15-13-23(14-16-24)29-31-27(21-9-5-3-6-10-21)28(22-11-7-4-8-12-22)33(29)25-17-19-26(20-18-25)36(30,34)35/h3-20H,1-2H3,(H2,30,34,35). The molecule has 6 nitrogen and oxygen atoms in total. The van der Waals surface area contributed by atoms with Gasteiger partial charge in [-0.1, -0.05) is 60.7 Å². The molecule has 2 N–H and O–H groups in total. The van der Waals surface area contributed by atoms with Crippen molar-refractivity contribution < 1.29 is 8.42 Å². The Morgan fingerprint density at radius 1 is 0.694 bits per heavy atom. The average Bonchev–Trinajstić information content (AvgIpc) is 3.30. The predicted octanol–water partition coefficient (Wildman–Crippen LogP) is 5.59. The van der Waals surface area contributed by atoms with Gasteiger partial charge in [-0.25, -0.2) is 18.5 Å². The molecule has 5 aromatic rings. The summed E-state index contributed by atoms with van der Waals surface area (Å²) in [6.07, 6.45) is 0. The van der Waals surface area contributed by atoms with E-state index in [1.807, 2.05) is 67.5 Å². The van der Waals surface area contributed by atoms with E-state index in [4.69, 9.17) is 10.1 Å². The first-order valence-electron chi connectivity index (χ1n) is 11.5.